The van der Waals surface area contributed by atoms with Gasteiger partial charge in [0.05, 0.1) is 6.61 Å². The Labute approximate surface area is 90.5 Å². The fourth-order valence-corrected chi connectivity index (χ4v) is 1.16. The van der Waals surface area contributed by atoms with Crippen LogP contribution in [0.15, 0.2) is 9.22 Å². The highest BCUT2D eigenvalue weighted by Crippen LogP contribution is 2.33. The van der Waals surface area contributed by atoms with Crippen molar-refractivity contribution < 1.29 is 27.1 Å². The van der Waals surface area contributed by atoms with E-state index in [1.165, 1.54) is 6.92 Å². The molecule has 0 spiro atoms. The number of hydrogen-bond donors (Lipinski definition) is 0. The van der Waals surface area contributed by atoms with Crippen LogP contribution in [-0.2, 0) is 10.9 Å². The van der Waals surface area contributed by atoms with Gasteiger partial charge in [0.2, 0.25) is 5.76 Å². The molecule has 0 saturated carbocycles. The summed E-state index contributed by atoms with van der Waals surface area (Å²) in [5, 5.41) is 0. The lowest BCUT2D eigenvalue weighted by molar-refractivity contribution is -0.141. The molecule has 15 heavy (non-hydrogen) atoms. The van der Waals surface area contributed by atoms with E-state index in [1.807, 2.05) is 0 Å². The maximum absolute atomic E-state index is 12.3. The maximum atomic E-state index is 12.3. The van der Waals surface area contributed by atoms with Crippen LogP contribution in [0, 0.1) is 0 Å². The van der Waals surface area contributed by atoms with Crippen molar-refractivity contribution in [1.29, 1.82) is 0 Å². The number of oxazole rings is 1. The van der Waals surface area contributed by atoms with Gasteiger partial charge < -0.3 is 9.15 Å². The molecule has 0 amide bonds. The summed E-state index contributed by atoms with van der Waals surface area (Å²) in [7, 11) is 0. The fraction of sp³-hybridized carbons (Fsp3) is 0.429. The third-order valence-electron chi connectivity index (χ3n) is 1.33. The summed E-state index contributed by atoms with van der Waals surface area (Å²) in [5.74, 6) is -2.14. The van der Waals surface area contributed by atoms with Gasteiger partial charge in [0.15, 0.2) is 5.69 Å². The van der Waals surface area contributed by atoms with E-state index < -0.39 is 28.4 Å². The van der Waals surface area contributed by atoms with Crippen molar-refractivity contribution in [3.8, 4) is 0 Å². The number of ether oxygens (including phenoxy) is 1. The molecule has 1 heterocycles. The molecule has 1 aromatic heterocycles. The summed E-state index contributed by atoms with van der Waals surface area (Å²) >= 11 is 2.61. The summed E-state index contributed by atoms with van der Waals surface area (Å²) in [6, 6.07) is 0. The molecule has 0 saturated heterocycles. The lowest BCUT2D eigenvalue weighted by atomic mass is 10.3. The normalized spacial score (nSPS) is 11.5. The number of alkyl halides is 3. The number of carbonyl (C=O) groups is 1. The zero-order valence-corrected chi connectivity index (χ0v) is 8.98. The van der Waals surface area contributed by atoms with E-state index in [0.29, 0.717) is 0 Å². The van der Waals surface area contributed by atoms with Gasteiger partial charge in [-0.05, 0) is 6.92 Å². The van der Waals surface area contributed by atoms with Crippen molar-refractivity contribution in [1.82, 2.24) is 4.98 Å². The van der Waals surface area contributed by atoms with Crippen molar-refractivity contribution in [2.24, 2.45) is 0 Å². The SMILES string of the molecule is CCOC(=O)c1oc(Br)nc1C(F)(F)F. The molecule has 1 rings (SSSR count). The van der Waals surface area contributed by atoms with Gasteiger partial charge in [-0.3, -0.25) is 0 Å². The van der Waals surface area contributed by atoms with E-state index in [2.05, 4.69) is 30.1 Å². The third-order valence-corrected chi connectivity index (χ3v) is 1.67. The Morgan fingerprint density at radius 3 is 2.67 bits per heavy atom. The molecule has 0 atom stereocenters. The van der Waals surface area contributed by atoms with E-state index in [0.717, 1.165) is 0 Å². The molecule has 0 aliphatic rings. The first kappa shape index (κ1) is 12.0. The Hall–Kier alpha value is -1.05. The molecule has 4 nitrogen and oxygen atoms in total. The highest BCUT2D eigenvalue weighted by atomic mass is 79.9. The molecule has 0 radical (unpaired) electrons. The number of aromatic nitrogens is 1. The minimum absolute atomic E-state index is 0.0472. The van der Waals surface area contributed by atoms with Crippen LogP contribution in [0.5, 0.6) is 0 Å². The molecule has 0 fully saturated rings. The van der Waals surface area contributed by atoms with E-state index >= 15 is 0 Å². The zero-order chi connectivity index (χ0) is 11.6. The average Bonchev–Trinajstić information content (AvgIpc) is 2.47. The van der Waals surface area contributed by atoms with Gasteiger partial charge in [0.1, 0.15) is 0 Å². The van der Waals surface area contributed by atoms with Crippen LogP contribution in [0.3, 0.4) is 0 Å². The standard InChI is InChI=1S/C7H5BrF3NO3/c1-2-14-5(13)3-4(7(9,10)11)12-6(8)15-3/h2H2,1H3. The van der Waals surface area contributed by atoms with Crippen molar-refractivity contribution >= 4 is 21.9 Å². The lowest BCUT2D eigenvalue weighted by Gasteiger charge is -2.03. The molecular formula is C7H5BrF3NO3. The van der Waals surface area contributed by atoms with Gasteiger partial charge in [0, 0.05) is 15.9 Å². The average molecular weight is 288 g/mol. The predicted octanol–water partition coefficient (Wildman–Crippen LogP) is 2.63. The quantitative estimate of drug-likeness (QED) is 0.785. The zero-order valence-electron chi connectivity index (χ0n) is 7.39. The first-order valence-electron chi connectivity index (χ1n) is 3.77. The molecule has 0 aliphatic heterocycles. The van der Waals surface area contributed by atoms with Crippen molar-refractivity contribution in [3.63, 3.8) is 0 Å². The van der Waals surface area contributed by atoms with Crippen LogP contribution in [0.4, 0.5) is 13.2 Å². The van der Waals surface area contributed by atoms with Crippen molar-refractivity contribution in [2.75, 3.05) is 6.61 Å². The van der Waals surface area contributed by atoms with Crippen molar-refractivity contribution in [2.45, 2.75) is 13.1 Å². The van der Waals surface area contributed by atoms with Crippen LogP contribution in [-0.4, -0.2) is 17.6 Å². The summed E-state index contributed by atoms with van der Waals surface area (Å²) < 4.78 is 45.8. The van der Waals surface area contributed by atoms with E-state index in [9.17, 15) is 18.0 Å². The highest BCUT2D eigenvalue weighted by Gasteiger charge is 2.41. The van der Waals surface area contributed by atoms with Crippen LogP contribution >= 0.6 is 15.9 Å². The van der Waals surface area contributed by atoms with Gasteiger partial charge in [-0.2, -0.15) is 18.2 Å². The molecule has 0 unspecified atom stereocenters. The molecule has 0 aliphatic carbocycles. The van der Waals surface area contributed by atoms with Crippen LogP contribution in [0.25, 0.3) is 0 Å². The van der Waals surface area contributed by atoms with Gasteiger partial charge in [-0.25, -0.2) is 4.79 Å². The Kier molecular flexibility index (Phi) is 3.38. The molecule has 84 valence electrons. The Morgan fingerprint density at radius 1 is 1.60 bits per heavy atom. The second-order valence-electron chi connectivity index (χ2n) is 2.36. The summed E-state index contributed by atoms with van der Waals surface area (Å²) in [6.07, 6.45) is -4.75. The van der Waals surface area contributed by atoms with Gasteiger partial charge in [-0.15, -0.1) is 0 Å². The van der Waals surface area contributed by atoms with Crippen molar-refractivity contribution in [3.05, 3.63) is 16.3 Å². The highest BCUT2D eigenvalue weighted by molar-refractivity contribution is 9.10. The molecule has 0 aromatic carbocycles. The number of carbonyl (C=O) groups excluding carboxylic acids is 1. The number of rotatable bonds is 2. The molecular weight excluding hydrogens is 283 g/mol. The smallest absolute Gasteiger partial charge is 0.437 e. The number of nitrogens with zero attached hydrogens (tertiary/aromatic N) is 1. The summed E-state index contributed by atoms with van der Waals surface area (Å²) in [4.78, 5) is 13.6. The maximum Gasteiger partial charge on any atom is 0.437 e. The number of hydrogen-bond acceptors (Lipinski definition) is 4. The monoisotopic (exact) mass is 287 g/mol. The van der Waals surface area contributed by atoms with Crippen LogP contribution in [0.2, 0.25) is 0 Å². The van der Waals surface area contributed by atoms with E-state index in [4.69, 9.17) is 0 Å². The Bertz CT molecular complexity index is 374. The van der Waals surface area contributed by atoms with Gasteiger partial charge in [0.25, 0.3) is 4.80 Å². The lowest BCUT2D eigenvalue weighted by Crippen LogP contribution is -2.14. The Balaban J connectivity index is 3.12. The molecule has 1 aromatic rings. The van der Waals surface area contributed by atoms with Gasteiger partial charge in [-0.1, -0.05) is 0 Å². The first-order chi connectivity index (χ1) is 6.86. The summed E-state index contributed by atoms with van der Waals surface area (Å²) in [5.41, 5.74) is -1.40. The summed E-state index contributed by atoms with van der Waals surface area (Å²) in [6.45, 7) is 1.42. The molecule has 0 N–H and O–H groups in total. The molecule has 0 bridgehead atoms. The second-order valence-corrected chi connectivity index (χ2v) is 3.04. The number of esters is 1. The topological polar surface area (TPSA) is 52.3 Å². The van der Waals surface area contributed by atoms with Crippen LogP contribution in [0.1, 0.15) is 23.2 Å². The van der Waals surface area contributed by atoms with E-state index in [1.54, 1.807) is 0 Å². The third kappa shape index (κ3) is 2.71. The minimum Gasteiger partial charge on any atom is -0.460 e. The Morgan fingerprint density at radius 2 is 2.20 bits per heavy atom. The van der Waals surface area contributed by atoms with Gasteiger partial charge >= 0.3 is 12.1 Å². The fourth-order valence-electron chi connectivity index (χ4n) is 0.821. The number of halogens is 4. The first-order valence-corrected chi connectivity index (χ1v) is 4.56. The predicted molar refractivity (Wildman–Crippen MR) is 45.2 cm³/mol. The van der Waals surface area contributed by atoms with Crippen LogP contribution < -0.4 is 0 Å². The van der Waals surface area contributed by atoms with E-state index in [-0.39, 0.29) is 6.61 Å². The minimum atomic E-state index is -4.75. The largest absolute Gasteiger partial charge is 0.460 e. The second kappa shape index (κ2) is 4.21. The molecule has 8 heteroatoms.